The van der Waals surface area contributed by atoms with E-state index in [0.29, 0.717) is 0 Å². The van der Waals surface area contributed by atoms with Crippen LogP contribution in [-0.4, -0.2) is 0 Å². The molecule has 0 aliphatic rings. The van der Waals surface area contributed by atoms with E-state index in [1.165, 1.54) is 53.6 Å². The Labute approximate surface area is 629 Å². The number of hydrogen-bond acceptors (Lipinski definition) is 5. The third-order valence-electron chi connectivity index (χ3n) is 20.3. The fourth-order valence-corrected chi connectivity index (χ4v) is 15.9. The Morgan fingerprint density at radius 2 is 0.318 bits per heavy atom. The highest BCUT2D eigenvalue weighted by Crippen LogP contribution is 2.45. The van der Waals surface area contributed by atoms with Gasteiger partial charge >= 0.3 is 0 Å². The average Bonchev–Trinajstić information content (AvgIpc) is 1.63. The molecule has 1 aromatic heterocycles. The van der Waals surface area contributed by atoms with Crippen LogP contribution in [0.5, 0.6) is 0 Å². The standard InChI is InChI=1S/C102H72N4S/c1-6-19-73(20-7-1)78-37-53-91(54-38-78)104(92-55-39-79(40-56-92)74-21-8-2-9-22-74)93-67-51-85(52-68-93)86-25-18-30-97(71-86)106(95-61-41-80(42-62-95)75-23-10-3-11-24-75)96-65-47-82(48-66-96)77-35-33-76(34-36-77)81-43-57-89(58-44-81)103(87-26-12-4-13-27-87)90-59-45-83(46-60-90)84-49-63-94(64-50-84)105(88-28-14-5-15-29-88)98-69-70-102-100(72-98)99-31-16-17-32-101(99)107-102/h1-72H. The molecule has 18 aromatic rings. The Bertz CT molecular complexity index is 5940. The van der Waals surface area contributed by atoms with E-state index in [1.54, 1.807) is 0 Å². The van der Waals surface area contributed by atoms with Crippen LogP contribution in [0.1, 0.15) is 0 Å². The SMILES string of the molecule is c1ccc(-c2ccc(N(c3ccc(-c4ccccc4)cc3)c3ccc(-c4cccc(N(c5ccc(-c6ccccc6)cc5)c5ccc(-c6ccc(-c7ccc(N(c8ccccc8)c8ccc(-c9ccc(N(c%10ccccc%10)c%10ccc%11sc%12ccccc%12c%11c%10)cc9)cc8)cc7)cc6)cc5)c4)cc3)cc2)cc1. The van der Waals surface area contributed by atoms with Crippen molar-refractivity contribution in [3.05, 3.63) is 437 Å². The van der Waals surface area contributed by atoms with Crippen LogP contribution in [0.3, 0.4) is 0 Å². The highest BCUT2D eigenvalue weighted by Gasteiger charge is 2.21. The number of hydrogen-bond donors (Lipinski definition) is 0. The number of nitrogens with zero attached hydrogens (tertiary/aromatic N) is 4. The molecule has 0 bridgehead atoms. The first-order valence-corrected chi connectivity index (χ1v) is 37.2. The Morgan fingerprint density at radius 3 is 0.636 bits per heavy atom. The van der Waals surface area contributed by atoms with Crippen LogP contribution in [0.15, 0.2) is 437 Å². The summed E-state index contributed by atoms with van der Waals surface area (Å²) in [5, 5.41) is 2.58. The van der Waals surface area contributed by atoms with E-state index in [2.05, 4.69) is 456 Å². The van der Waals surface area contributed by atoms with Crippen LogP contribution >= 0.6 is 11.3 Å². The van der Waals surface area contributed by atoms with Crippen molar-refractivity contribution in [2.75, 3.05) is 19.6 Å². The summed E-state index contributed by atoms with van der Waals surface area (Å²) in [6.45, 7) is 0. The molecule has 0 atom stereocenters. The van der Waals surface area contributed by atoms with Gasteiger partial charge in [0, 0.05) is 88.4 Å². The van der Waals surface area contributed by atoms with Gasteiger partial charge in [0.15, 0.2) is 0 Å². The molecule has 4 nitrogen and oxygen atoms in total. The predicted molar refractivity (Wildman–Crippen MR) is 456 cm³/mol. The molecule has 0 aliphatic heterocycles. The molecule has 0 saturated carbocycles. The van der Waals surface area contributed by atoms with Crippen LogP contribution in [0.25, 0.3) is 98.1 Å². The maximum atomic E-state index is 2.37. The lowest BCUT2D eigenvalue weighted by Gasteiger charge is -2.27. The fraction of sp³-hybridized carbons (Fsp3) is 0. The van der Waals surface area contributed by atoms with Gasteiger partial charge in [0.25, 0.3) is 0 Å². The van der Waals surface area contributed by atoms with Crippen molar-refractivity contribution < 1.29 is 0 Å². The maximum absolute atomic E-state index is 2.37. The van der Waals surface area contributed by atoms with Gasteiger partial charge in [-0.1, -0.05) is 279 Å². The van der Waals surface area contributed by atoms with Crippen LogP contribution in [0.4, 0.5) is 68.2 Å². The number of thiophene rings is 1. The van der Waals surface area contributed by atoms with E-state index in [-0.39, 0.29) is 0 Å². The monoisotopic (exact) mass is 1380 g/mol. The van der Waals surface area contributed by atoms with E-state index in [9.17, 15) is 0 Å². The summed E-state index contributed by atoms with van der Waals surface area (Å²) in [6, 6.07) is 158. The molecular weight excluding hydrogens is 1310 g/mol. The zero-order valence-corrected chi connectivity index (χ0v) is 59.6. The predicted octanol–water partition coefficient (Wildman–Crippen LogP) is 29.6. The molecule has 0 amide bonds. The second-order valence-electron chi connectivity index (χ2n) is 26.9. The maximum Gasteiger partial charge on any atom is 0.0468 e. The Balaban J connectivity index is 0.593. The van der Waals surface area contributed by atoms with E-state index in [1.807, 2.05) is 11.3 Å². The molecule has 506 valence electrons. The lowest BCUT2D eigenvalue weighted by molar-refractivity contribution is 1.28. The smallest absolute Gasteiger partial charge is 0.0468 e. The quantitative estimate of drug-likeness (QED) is 0.0800. The summed E-state index contributed by atoms with van der Waals surface area (Å²) in [7, 11) is 0. The van der Waals surface area contributed by atoms with E-state index >= 15 is 0 Å². The molecule has 0 aliphatic carbocycles. The summed E-state index contributed by atoms with van der Waals surface area (Å²) in [5.74, 6) is 0. The molecule has 0 unspecified atom stereocenters. The van der Waals surface area contributed by atoms with E-state index in [4.69, 9.17) is 0 Å². The van der Waals surface area contributed by atoms with Crippen molar-refractivity contribution >= 4 is 99.8 Å². The molecule has 18 rings (SSSR count). The largest absolute Gasteiger partial charge is 0.311 e. The Hall–Kier alpha value is -13.8. The highest BCUT2D eigenvalue weighted by molar-refractivity contribution is 7.25. The number of benzene rings is 17. The van der Waals surface area contributed by atoms with E-state index < -0.39 is 0 Å². The van der Waals surface area contributed by atoms with Crippen LogP contribution < -0.4 is 19.6 Å². The number of para-hydroxylation sites is 2. The van der Waals surface area contributed by atoms with Crippen molar-refractivity contribution in [2.24, 2.45) is 0 Å². The summed E-state index contributed by atoms with van der Waals surface area (Å²) in [6.07, 6.45) is 0. The van der Waals surface area contributed by atoms with Gasteiger partial charge in [0.1, 0.15) is 0 Å². The third-order valence-corrected chi connectivity index (χ3v) is 21.4. The zero-order valence-electron chi connectivity index (χ0n) is 58.8. The first kappa shape index (κ1) is 65.2. The molecule has 0 N–H and O–H groups in total. The Kier molecular flexibility index (Phi) is 18.0. The minimum Gasteiger partial charge on any atom is -0.311 e. The van der Waals surface area contributed by atoms with Gasteiger partial charge in [0.2, 0.25) is 0 Å². The lowest BCUT2D eigenvalue weighted by Crippen LogP contribution is -2.10. The average molecular weight is 1390 g/mol. The number of rotatable bonds is 19. The second kappa shape index (κ2) is 29.5. The minimum atomic E-state index is 1.06. The first-order valence-electron chi connectivity index (χ1n) is 36.4. The number of fused-ring (bicyclic) bond motifs is 3. The minimum absolute atomic E-state index is 1.06. The van der Waals surface area contributed by atoms with Gasteiger partial charge in [-0.3, -0.25) is 0 Å². The van der Waals surface area contributed by atoms with Crippen molar-refractivity contribution in [1.82, 2.24) is 0 Å². The lowest BCUT2D eigenvalue weighted by atomic mass is 9.99. The highest BCUT2D eigenvalue weighted by atomic mass is 32.1. The normalized spacial score (nSPS) is 11.2. The topological polar surface area (TPSA) is 13.0 Å². The molecule has 17 aromatic carbocycles. The molecule has 1 heterocycles. The number of anilines is 12. The van der Waals surface area contributed by atoms with Crippen LogP contribution in [0.2, 0.25) is 0 Å². The summed E-state index contributed by atoms with van der Waals surface area (Å²) in [4.78, 5) is 9.40. The third kappa shape index (κ3) is 13.7. The van der Waals surface area contributed by atoms with Gasteiger partial charge in [-0.25, -0.2) is 0 Å². The van der Waals surface area contributed by atoms with Gasteiger partial charge in [-0.05, 0) is 236 Å². The summed E-state index contributed by atoms with van der Waals surface area (Å²) < 4.78 is 2.60. The fourth-order valence-electron chi connectivity index (χ4n) is 14.8. The molecule has 107 heavy (non-hydrogen) atoms. The molecule has 0 saturated heterocycles. The molecule has 5 heteroatoms. The zero-order chi connectivity index (χ0) is 71.2. The second-order valence-corrected chi connectivity index (χ2v) is 28.0. The first-order chi connectivity index (χ1) is 53.0. The molecular formula is C102H72N4S. The van der Waals surface area contributed by atoms with Crippen molar-refractivity contribution in [3.8, 4) is 77.9 Å². The van der Waals surface area contributed by atoms with Gasteiger partial charge in [-0.15, -0.1) is 11.3 Å². The Morgan fingerprint density at radius 1 is 0.121 bits per heavy atom. The summed E-state index contributed by atoms with van der Waals surface area (Å²) >= 11 is 1.85. The summed E-state index contributed by atoms with van der Waals surface area (Å²) in [5.41, 5.74) is 29.3. The van der Waals surface area contributed by atoms with Gasteiger partial charge in [0.05, 0.1) is 0 Å². The van der Waals surface area contributed by atoms with Gasteiger partial charge in [-0.2, -0.15) is 0 Å². The van der Waals surface area contributed by atoms with Crippen LogP contribution in [-0.2, 0) is 0 Å². The van der Waals surface area contributed by atoms with Crippen molar-refractivity contribution in [1.29, 1.82) is 0 Å². The molecule has 0 fully saturated rings. The van der Waals surface area contributed by atoms with E-state index in [0.717, 1.165) is 113 Å². The van der Waals surface area contributed by atoms with Gasteiger partial charge < -0.3 is 19.6 Å². The van der Waals surface area contributed by atoms with Crippen molar-refractivity contribution in [3.63, 3.8) is 0 Å². The molecule has 0 radical (unpaired) electrons. The van der Waals surface area contributed by atoms with Crippen molar-refractivity contribution in [2.45, 2.75) is 0 Å². The molecule has 0 spiro atoms. The van der Waals surface area contributed by atoms with Crippen LogP contribution in [0, 0.1) is 0 Å².